The van der Waals surface area contributed by atoms with Crippen LogP contribution in [0.15, 0.2) is 30.3 Å². The fourth-order valence-corrected chi connectivity index (χ4v) is 2.18. The summed E-state index contributed by atoms with van der Waals surface area (Å²) in [5.41, 5.74) is 6.76. The highest BCUT2D eigenvalue weighted by atomic mass is 16.4. The van der Waals surface area contributed by atoms with Crippen molar-refractivity contribution >= 4 is 11.7 Å². The van der Waals surface area contributed by atoms with E-state index in [1.807, 2.05) is 18.2 Å². The van der Waals surface area contributed by atoms with E-state index in [2.05, 4.69) is 21.9 Å². The van der Waals surface area contributed by atoms with E-state index in [1.165, 1.54) is 5.69 Å². The molecule has 18 heavy (non-hydrogen) atoms. The highest BCUT2D eigenvalue weighted by molar-refractivity contribution is 5.73. The molecule has 0 spiro atoms. The van der Waals surface area contributed by atoms with Gasteiger partial charge in [-0.05, 0) is 12.1 Å². The zero-order valence-corrected chi connectivity index (χ0v) is 10.3. The highest BCUT2D eigenvalue weighted by Gasteiger charge is 2.21. The van der Waals surface area contributed by atoms with Crippen LogP contribution in [-0.4, -0.2) is 54.7 Å². The molecule has 1 aromatic carbocycles. The molecule has 1 fully saturated rings. The van der Waals surface area contributed by atoms with Crippen molar-refractivity contribution in [3.8, 4) is 0 Å². The van der Waals surface area contributed by atoms with Gasteiger partial charge in [-0.3, -0.25) is 9.69 Å². The molecule has 1 aromatic rings. The van der Waals surface area contributed by atoms with E-state index in [0.717, 1.165) is 26.2 Å². The molecule has 1 heterocycles. The van der Waals surface area contributed by atoms with Gasteiger partial charge in [-0.1, -0.05) is 18.2 Å². The van der Waals surface area contributed by atoms with Gasteiger partial charge >= 0.3 is 5.97 Å². The molecule has 0 unspecified atom stereocenters. The fraction of sp³-hybridized carbons (Fsp3) is 0.462. The number of piperazine rings is 1. The largest absolute Gasteiger partial charge is 0.480 e. The van der Waals surface area contributed by atoms with Gasteiger partial charge in [0, 0.05) is 38.4 Å². The average Bonchev–Trinajstić information content (AvgIpc) is 2.40. The second kappa shape index (κ2) is 5.84. The molecule has 0 amide bonds. The molecule has 1 aliphatic heterocycles. The minimum absolute atomic E-state index is 0.429. The van der Waals surface area contributed by atoms with Gasteiger partial charge in [0.2, 0.25) is 0 Å². The van der Waals surface area contributed by atoms with Crippen molar-refractivity contribution in [2.45, 2.75) is 6.04 Å². The summed E-state index contributed by atoms with van der Waals surface area (Å²) < 4.78 is 0. The van der Waals surface area contributed by atoms with Crippen LogP contribution in [0.2, 0.25) is 0 Å². The maximum atomic E-state index is 10.7. The van der Waals surface area contributed by atoms with Gasteiger partial charge in [0.05, 0.1) is 0 Å². The normalized spacial score (nSPS) is 18.6. The van der Waals surface area contributed by atoms with Crippen LogP contribution in [0.5, 0.6) is 0 Å². The molecular weight excluding hydrogens is 230 g/mol. The number of carboxylic acids is 1. The molecule has 1 atom stereocenters. The van der Waals surface area contributed by atoms with Crippen molar-refractivity contribution in [2.75, 3.05) is 37.6 Å². The summed E-state index contributed by atoms with van der Waals surface area (Å²) >= 11 is 0. The molecule has 1 saturated heterocycles. The Morgan fingerprint density at radius 1 is 1.22 bits per heavy atom. The first-order valence-electron chi connectivity index (χ1n) is 6.17. The Morgan fingerprint density at radius 3 is 2.39 bits per heavy atom. The van der Waals surface area contributed by atoms with E-state index < -0.39 is 12.0 Å². The maximum Gasteiger partial charge on any atom is 0.321 e. The quantitative estimate of drug-likeness (QED) is 0.799. The standard InChI is InChI=1S/C13H19N3O2/c14-12(13(17)18)10-15-6-8-16(9-7-15)11-4-2-1-3-5-11/h1-5,12H,6-10,14H2,(H,17,18)/t12-/m0/s1. The predicted molar refractivity (Wildman–Crippen MR) is 70.7 cm³/mol. The van der Waals surface area contributed by atoms with Crippen LogP contribution < -0.4 is 10.6 Å². The second-order valence-electron chi connectivity index (χ2n) is 4.57. The molecule has 5 nitrogen and oxygen atoms in total. The number of benzene rings is 1. The average molecular weight is 249 g/mol. The molecule has 3 N–H and O–H groups in total. The first-order chi connectivity index (χ1) is 8.66. The SMILES string of the molecule is N[C@@H](CN1CCN(c2ccccc2)CC1)C(=O)O. The monoisotopic (exact) mass is 249 g/mol. The zero-order valence-electron chi connectivity index (χ0n) is 10.3. The smallest absolute Gasteiger partial charge is 0.321 e. The van der Waals surface area contributed by atoms with Crippen LogP contribution in [0.3, 0.4) is 0 Å². The molecule has 2 rings (SSSR count). The molecule has 0 aliphatic carbocycles. The number of hydrogen-bond acceptors (Lipinski definition) is 4. The van der Waals surface area contributed by atoms with Gasteiger partial charge in [-0.2, -0.15) is 0 Å². The lowest BCUT2D eigenvalue weighted by Crippen LogP contribution is -2.51. The molecule has 0 bridgehead atoms. The van der Waals surface area contributed by atoms with E-state index in [1.54, 1.807) is 0 Å². The van der Waals surface area contributed by atoms with Crippen molar-refractivity contribution in [1.82, 2.24) is 4.90 Å². The van der Waals surface area contributed by atoms with Crippen LogP contribution >= 0.6 is 0 Å². The summed E-state index contributed by atoms with van der Waals surface area (Å²) in [5.74, 6) is -0.930. The predicted octanol–water partition coefficient (Wildman–Crippen LogP) is 0.220. The number of carboxylic acid groups (broad SMARTS) is 1. The third-order valence-electron chi connectivity index (χ3n) is 3.27. The van der Waals surface area contributed by atoms with Crippen molar-refractivity contribution in [3.63, 3.8) is 0 Å². The molecule has 0 aromatic heterocycles. The van der Waals surface area contributed by atoms with Crippen molar-refractivity contribution in [2.24, 2.45) is 5.73 Å². The van der Waals surface area contributed by atoms with E-state index in [4.69, 9.17) is 10.8 Å². The molecule has 1 aliphatic rings. The van der Waals surface area contributed by atoms with Gasteiger partial charge in [-0.25, -0.2) is 0 Å². The summed E-state index contributed by atoms with van der Waals surface area (Å²) in [7, 11) is 0. The number of carbonyl (C=O) groups is 1. The minimum atomic E-state index is -0.930. The third-order valence-corrected chi connectivity index (χ3v) is 3.27. The van der Waals surface area contributed by atoms with Crippen LogP contribution in [0.1, 0.15) is 0 Å². The molecule has 0 radical (unpaired) electrons. The summed E-state index contributed by atoms with van der Waals surface area (Å²) in [5, 5.41) is 8.78. The second-order valence-corrected chi connectivity index (χ2v) is 4.57. The molecule has 0 saturated carbocycles. The first-order valence-corrected chi connectivity index (χ1v) is 6.17. The third kappa shape index (κ3) is 3.21. The van der Waals surface area contributed by atoms with Gasteiger partial charge in [0.25, 0.3) is 0 Å². The fourth-order valence-electron chi connectivity index (χ4n) is 2.18. The topological polar surface area (TPSA) is 69.8 Å². The van der Waals surface area contributed by atoms with Crippen LogP contribution in [-0.2, 0) is 4.79 Å². The molecule has 98 valence electrons. The summed E-state index contributed by atoms with van der Waals surface area (Å²) in [6.07, 6.45) is 0. The van der Waals surface area contributed by atoms with Gasteiger partial charge in [0.1, 0.15) is 6.04 Å². The lowest BCUT2D eigenvalue weighted by molar-refractivity contribution is -0.139. The van der Waals surface area contributed by atoms with E-state index in [0.29, 0.717) is 6.54 Å². The van der Waals surface area contributed by atoms with Crippen molar-refractivity contribution < 1.29 is 9.90 Å². The Hall–Kier alpha value is -1.59. The Kier molecular flexibility index (Phi) is 4.17. The van der Waals surface area contributed by atoms with E-state index in [9.17, 15) is 4.79 Å². The number of para-hydroxylation sites is 1. The van der Waals surface area contributed by atoms with Gasteiger partial charge in [-0.15, -0.1) is 0 Å². The number of anilines is 1. The Bertz CT molecular complexity index is 388. The van der Waals surface area contributed by atoms with Gasteiger partial charge < -0.3 is 15.7 Å². The molecular formula is C13H19N3O2. The number of nitrogens with two attached hydrogens (primary N) is 1. The number of rotatable bonds is 4. The molecule has 5 heteroatoms. The summed E-state index contributed by atoms with van der Waals surface area (Å²) in [4.78, 5) is 15.1. The van der Waals surface area contributed by atoms with E-state index >= 15 is 0 Å². The lowest BCUT2D eigenvalue weighted by atomic mass is 10.2. The maximum absolute atomic E-state index is 10.7. The highest BCUT2D eigenvalue weighted by Crippen LogP contribution is 2.15. The summed E-state index contributed by atoms with van der Waals surface area (Å²) in [6, 6.07) is 9.47. The minimum Gasteiger partial charge on any atom is -0.480 e. The van der Waals surface area contributed by atoms with Crippen LogP contribution in [0.4, 0.5) is 5.69 Å². The zero-order chi connectivity index (χ0) is 13.0. The van der Waals surface area contributed by atoms with Crippen LogP contribution in [0.25, 0.3) is 0 Å². The van der Waals surface area contributed by atoms with Gasteiger partial charge in [0.15, 0.2) is 0 Å². The van der Waals surface area contributed by atoms with E-state index in [-0.39, 0.29) is 0 Å². The van der Waals surface area contributed by atoms with Crippen molar-refractivity contribution in [3.05, 3.63) is 30.3 Å². The number of nitrogens with zero attached hydrogens (tertiary/aromatic N) is 2. The van der Waals surface area contributed by atoms with Crippen LogP contribution in [0, 0.1) is 0 Å². The summed E-state index contributed by atoms with van der Waals surface area (Å²) in [6.45, 7) is 3.97. The lowest BCUT2D eigenvalue weighted by Gasteiger charge is -2.36. The Labute approximate surface area is 107 Å². The number of aliphatic carboxylic acids is 1. The number of hydrogen-bond donors (Lipinski definition) is 2. The Morgan fingerprint density at radius 2 is 1.83 bits per heavy atom. The Balaban J connectivity index is 1.83. The van der Waals surface area contributed by atoms with Crippen molar-refractivity contribution in [1.29, 1.82) is 0 Å². The first kappa shape index (κ1) is 12.9.